The Morgan fingerprint density at radius 2 is 2.09 bits per heavy atom. The van der Waals surface area contributed by atoms with Crippen LogP contribution >= 0.6 is 0 Å². The molecule has 0 unspecified atom stereocenters. The summed E-state index contributed by atoms with van der Waals surface area (Å²) in [6, 6.07) is 3.79. The lowest BCUT2D eigenvalue weighted by atomic mass is 10.0. The molecule has 122 valence electrons. The number of guanidine groups is 1. The smallest absolute Gasteiger partial charge is 0.237 e. The second kappa shape index (κ2) is 6.83. The van der Waals surface area contributed by atoms with E-state index in [1.807, 2.05) is 26.0 Å². The van der Waals surface area contributed by atoms with Gasteiger partial charge in [-0.3, -0.25) is 14.7 Å². The van der Waals surface area contributed by atoms with Gasteiger partial charge >= 0.3 is 0 Å². The summed E-state index contributed by atoms with van der Waals surface area (Å²) in [7, 11) is 1.77. The number of amides is 1. The van der Waals surface area contributed by atoms with E-state index in [1.54, 1.807) is 13.3 Å². The molecule has 1 aliphatic heterocycles. The van der Waals surface area contributed by atoms with Crippen molar-refractivity contribution in [2.24, 2.45) is 10.7 Å². The Bertz CT molecular complexity index is 516. The Morgan fingerprint density at radius 3 is 2.59 bits per heavy atom. The van der Waals surface area contributed by atoms with Crippen molar-refractivity contribution >= 4 is 11.9 Å². The van der Waals surface area contributed by atoms with E-state index >= 15 is 0 Å². The van der Waals surface area contributed by atoms with Gasteiger partial charge in [-0.2, -0.15) is 0 Å². The van der Waals surface area contributed by atoms with Crippen LogP contribution in [0.5, 0.6) is 0 Å². The maximum Gasteiger partial charge on any atom is 0.237 e. The number of hydrogen-bond donors (Lipinski definition) is 2. The molecule has 3 N–H and O–H groups in total. The Labute approximate surface area is 131 Å². The molecule has 0 aliphatic carbocycles. The molecule has 7 nitrogen and oxygen atoms in total. The van der Waals surface area contributed by atoms with Gasteiger partial charge in [-0.1, -0.05) is 0 Å². The van der Waals surface area contributed by atoms with Gasteiger partial charge in [-0.15, -0.1) is 0 Å². The van der Waals surface area contributed by atoms with Crippen molar-refractivity contribution < 1.29 is 9.21 Å². The van der Waals surface area contributed by atoms with Crippen molar-refractivity contribution in [3.8, 4) is 0 Å². The monoisotopic (exact) mass is 307 g/mol. The largest absolute Gasteiger partial charge is 0.467 e. The standard InChI is InChI=1S/C15H25N5O2/c1-15(2,13(16)21)20-8-6-19(7-9-20)14(17-3)18-11-12-5-4-10-22-12/h4-5,10H,6-9,11H2,1-3H3,(H2,16,21)(H,17,18). The molecule has 1 aliphatic rings. The summed E-state index contributed by atoms with van der Waals surface area (Å²) in [6.07, 6.45) is 1.66. The van der Waals surface area contributed by atoms with E-state index < -0.39 is 5.54 Å². The second-order valence-electron chi connectivity index (χ2n) is 5.88. The number of nitrogens with one attached hydrogen (secondary N) is 1. The van der Waals surface area contributed by atoms with Crippen LogP contribution in [0.3, 0.4) is 0 Å². The first-order chi connectivity index (χ1) is 10.4. The van der Waals surface area contributed by atoms with E-state index in [9.17, 15) is 4.79 Å². The fraction of sp³-hybridized carbons (Fsp3) is 0.600. The molecule has 0 radical (unpaired) electrons. The molecule has 7 heteroatoms. The number of primary amides is 1. The van der Waals surface area contributed by atoms with Crippen molar-refractivity contribution in [2.75, 3.05) is 33.2 Å². The fourth-order valence-corrected chi connectivity index (χ4v) is 2.54. The summed E-state index contributed by atoms with van der Waals surface area (Å²) in [6.45, 7) is 7.49. The van der Waals surface area contributed by atoms with Crippen molar-refractivity contribution in [1.82, 2.24) is 15.1 Å². The Balaban J connectivity index is 1.88. The first kappa shape index (κ1) is 16.4. The maximum atomic E-state index is 11.5. The quantitative estimate of drug-likeness (QED) is 0.614. The summed E-state index contributed by atoms with van der Waals surface area (Å²) in [5, 5.41) is 3.29. The van der Waals surface area contributed by atoms with Crippen LogP contribution in [0.25, 0.3) is 0 Å². The van der Waals surface area contributed by atoms with Crippen LogP contribution in [0.15, 0.2) is 27.8 Å². The zero-order valence-electron chi connectivity index (χ0n) is 13.5. The number of carbonyl (C=O) groups is 1. The zero-order chi connectivity index (χ0) is 16.2. The fourth-order valence-electron chi connectivity index (χ4n) is 2.54. The van der Waals surface area contributed by atoms with Gasteiger partial charge in [-0.05, 0) is 26.0 Å². The number of rotatable bonds is 4. The minimum absolute atomic E-state index is 0.290. The lowest BCUT2D eigenvalue weighted by molar-refractivity contribution is -0.129. The Morgan fingerprint density at radius 1 is 1.41 bits per heavy atom. The van der Waals surface area contributed by atoms with Gasteiger partial charge < -0.3 is 20.4 Å². The predicted octanol–water partition coefficient (Wildman–Crippen LogP) is 0.237. The Hall–Kier alpha value is -2.02. The molecule has 1 amide bonds. The molecule has 1 aromatic rings. The first-order valence-electron chi connectivity index (χ1n) is 7.48. The van der Waals surface area contributed by atoms with Crippen molar-refractivity contribution in [3.05, 3.63) is 24.2 Å². The molecule has 0 saturated carbocycles. The lowest BCUT2D eigenvalue weighted by Crippen LogP contribution is -2.61. The lowest BCUT2D eigenvalue weighted by Gasteiger charge is -2.43. The average molecular weight is 307 g/mol. The van der Waals surface area contributed by atoms with Gasteiger partial charge in [0.25, 0.3) is 0 Å². The summed E-state index contributed by atoms with van der Waals surface area (Å²) in [5.41, 5.74) is 4.87. The predicted molar refractivity (Wildman–Crippen MR) is 85.3 cm³/mol. The summed E-state index contributed by atoms with van der Waals surface area (Å²) in [5.74, 6) is 1.42. The normalized spacial score (nSPS) is 17.6. The molecule has 2 heterocycles. The van der Waals surface area contributed by atoms with Crippen LogP contribution in [0.1, 0.15) is 19.6 Å². The van der Waals surface area contributed by atoms with Crippen molar-refractivity contribution in [2.45, 2.75) is 25.9 Å². The number of aliphatic imine (C=N–C) groups is 1. The molecule has 1 saturated heterocycles. The van der Waals surface area contributed by atoms with E-state index in [0.29, 0.717) is 6.54 Å². The van der Waals surface area contributed by atoms with Gasteiger partial charge in [0.1, 0.15) is 5.76 Å². The van der Waals surface area contributed by atoms with Gasteiger partial charge in [0.2, 0.25) is 5.91 Å². The van der Waals surface area contributed by atoms with Gasteiger partial charge in [-0.25, -0.2) is 0 Å². The van der Waals surface area contributed by atoms with Crippen LogP contribution in [-0.2, 0) is 11.3 Å². The molecule has 2 rings (SSSR count). The molecule has 1 fully saturated rings. The van der Waals surface area contributed by atoms with Crippen LogP contribution in [0.2, 0.25) is 0 Å². The number of piperazine rings is 1. The molecule has 0 spiro atoms. The average Bonchev–Trinajstić information content (AvgIpc) is 3.01. The molecule has 0 bridgehead atoms. The Kier molecular flexibility index (Phi) is 5.07. The minimum Gasteiger partial charge on any atom is -0.467 e. The molecule has 22 heavy (non-hydrogen) atoms. The summed E-state index contributed by atoms with van der Waals surface area (Å²) < 4.78 is 5.31. The number of furan rings is 1. The van der Waals surface area contributed by atoms with E-state index in [4.69, 9.17) is 10.2 Å². The van der Waals surface area contributed by atoms with Crippen LogP contribution < -0.4 is 11.1 Å². The maximum absolute atomic E-state index is 11.5. The van der Waals surface area contributed by atoms with Crippen molar-refractivity contribution in [1.29, 1.82) is 0 Å². The highest BCUT2D eigenvalue weighted by atomic mass is 16.3. The molecular weight excluding hydrogens is 282 g/mol. The second-order valence-corrected chi connectivity index (χ2v) is 5.88. The number of hydrogen-bond acceptors (Lipinski definition) is 4. The van der Waals surface area contributed by atoms with Crippen LogP contribution in [0.4, 0.5) is 0 Å². The third kappa shape index (κ3) is 3.59. The highest BCUT2D eigenvalue weighted by molar-refractivity contribution is 5.84. The van der Waals surface area contributed by atoms with Crippen LogP contribution in [-0.4, -0.2) is 60.4 Å². The molecule has 0 aromatic carbocycles. The van der Waals surface area contributed by atoms with Gasteiger partial charge in [0, 0.05) is 33.2 Å². The van der Waals surface area contributed by atoms with E-state index in [-0.39, 0.29) is 5.91 Å². The number of carbonyl (C=O) groups excluding carboxylic acids is 1. The zero-order valence-corrected chi connectivity index (χ0v) is 13.5. The number of nitrogens with two attached hydrogens (primary N) is 1. The highest BCUT2D eigenvalue weighted by Crippen LogP contribution is 2.16. The van der Waals surface area contributed by atoms with Crippen LogP contribution in [0, 0.1) is 0 Å². The molecular formula is C15H25N5O2. The third-order valence-electron chi connectivity index (χ3n) is 4.19. The van der Waals surface area contributed by atoms with Crippen molar-refractivity contribution in [3.63, 3.8) is 0 Å². The van der Waals surface area contributed by atoms with Gasteiger partial charge in [0.05, 0.1) is 18.3 Å². The highest BCUT2D eigenvalue weighted by Gasteiger charge is 2.35. The van der Waals surface area contributed by atoms with E-state index in [1.165, 1.54) is 0 Å². The number of nitrogens with zero attached hydrogens (tertiary/aromatic N) is 3. The third-order valence-corrected chi connectivity index (χ3v) is 4.19. The van der Waals surface area contributed by atoms with Gasteiger partial charge in [0.15, 0.2) is 5.96 Å². The SMILES string of the molecule is CN=C(NCc1ccco1)N1CCN(C(C)(C)C(N)=O)CC1. The topological polar surface area (TPSA) is 87.1 Å². The molecule has 1 aromatic heterocycles. The van der Waals surface area contributed by atoms with E-state index in [2.05, 4.69) is 20.1 Å². The first-order valence-corrected chi connectivity index (χ1v) is 7.48. The summed E-state index contributed by atoms with van der Waals surface area (Å²) >= 11 is 0. The minimum atomic E-state index is -0.614. The molecule has 0 atom stereocenters. The van der Waals surface area contributed by atoms with E-state index in [0.717, 1.165) is 37.9 Å². The summed E-state index contributed by atoms with van der Waals surface area (Å²) in [4.78, 5) is 20.2.